The highest BCUT2D eigenvalue weighted by atomic mass is 32.2. The van der Waals surface area contributed by atoms with Crippen molar-refractivity contribution in [2.75, 3.05) is 6.54 Å². The normalized spacial score (nSPS) is 11.2. The summed E-state index contributed by atoms with van der Waals surface area (Å²) in [5, 5.41) is 21.7. The monoisotopic (exact) mass is 349 g/mol. The first-order valence-electron chi connectivity index (χ1n) is 6.89. The zero-order chi connectivity index (χ0) is 17.9. The second-order valence-corrected chi connectivity index (χ2v) is 6.76. The largest absolute Gasteiger partial charge is 0.478 e. The maximum atomic E-state index is 12.4. The minimum atomic E-state index is -3.87. The Morgan fingerprint density at radius 2 is 2.12 bits per heavy atom. The summed E-state index contributed by atoms with van der Waals surface area (Å²) in [5.74, 6) is -1.17. The van der Waals surface area contributed by atoms with Crippen LogP contribution >= 0.6 is 0 Å². The molecule has 0 radical (unpaired) electrons. The molecular formula is C14H15N5O4S. The Hall–Kier alpha value is -2.77. The molecule has 0 amide bonds. The van der Waals surface area contributed by atoms with Gasteiger partial charge in [-0.2, -0.15) is 5.26 Å². The van der Waals surface area contributed by atoms with Crippen molar-refractivity contribution in [2.24, 2.45) is 0 Å². The molecule has 9 nitrogen and oxygen atoms in total. The van der Waals surface area contributed by atoms with Gasteiger partial charge in [0.25, 0.3) is 5.82 Å². The number of hydrogen-bond acceptors (Lipinski definition) is 6. The number of hydrogen-bond donors (Lipinski definition) is 2. The molecule has 1 aromatic carbocycles. The number of aromatic carboxylic acids is 1. The highest BCUT2D eigenvalue weighted by molar-refractivity contribution is 7.89. The van der Waals surface area contributed by atoms with Crippen molar-refractivity contribution in [3.05, 3.63) is 41.0 Å². The number of aryl methyl sites for hydroxylation is 1. The van der Waals surface area contributed by atoms with E-state index in [-0.39, 0.29) is 34.9 Å². The maximum absolute atomic E-state index is 12.4. The van der Waals surface area contributed by atoms with Gasteiger partial charge >= 0.3 is 5.97 Å². The average Bonchev–Trinajstić information content (AvgIpc) is 2.94. The van der Waals surface area contributed by atoms with Crippen molar-refractivity contribution >= 4 is 16.0 Å². The van der Waals surface area contributed by atoms with Crippen LogP contribution < -0.4 is 4.72 Å². The number of sulfonamides is 1. The number of benzene rings is 1. The van der Waals surface area contributed by atoms with Gasteiger partial charge in [-0.25, -0.2) is 22.9 Å². The summed E-state index contributed by atoms with van der Waals surface area (Å²) < 4.78 is 28.5. The summed E-state index contributed by atoms with van der Waals surface area (Å²) in [6.07, 6.45) is 1.33. The third kappa shape index (κ3) is 3.58. The Morgan fingerprint density at radius 1 is 1.42 bits per heavy atom. The topological polar surface area (TPSA) is 138 Å². The quantitative estimate of drug-likeness (QED) is 0.771. The Morgan fingerprint density at radius 3 is 2.71 bits per heavy atom. The molecule has 1 heterocycles. The lowest BCUT2D eigenvalue weighted by Gasteiger charge is -2.12. The molecule has 0 saturated heterocycles. The van der Waals surface area contributed by atoms with Crippen LogP contribution in [0.4, 0.5) is 0 Å². The van der Waals surface area contributed by atoms with Crippen molar-refractivity contribution in [3.8, 4) is 6.07 Å². The van der Waals surface area contributed by atoms with Crippen LogP contribution in [0.3, 0.4) is 0 Å². The molecule has 0 spiro atoms. The minimum absolute atomic E-state index is 0.00154. The Kier molecular flexibility index (Phi) is 4.96. The van der Waals surface area contributed by atoms with Gasteiger partial charge in [-0.1, -0.05) is 6.07 Å². The van der Waals surface area contributed by atoms with E-state index in [2.05, 4.69) is 14.8 Å². The van der Waals surface area contributed by atoms with Gasteiger partial charge in [-0.15, -0.1) is 5.10 Å². The van der Waals surface area contributed by atoms with Gasteiger partial charge in [-0.05, 0) is 31.0 Å². The number of nitrogens with one attached hydrogen (secondary N) is 1. The van der Waals surface area contributed by atoms with E-state index in [0.29, 0.717) is 5.56 Å². The lowest BCUT2D eigenvalue weighted by Crippen LogP contribution is -2.28. The molecule has 0 aliphatic heterocycles. The molecular weight excluding hydrogens is 334 g/mol. The summed E-state index contributed by atoms with van der Waals surface area (Å²) in [5.41, 5.74) is 0.654. The molecule has 1 aromatic heterocycles. The maximum Gasteiger partial charge on any atom is 0.336 e. The molecule has 24 heavy (non-hydrogen) atoms. The molecule has 2 aromatic rings. The number of nitrogens with zero attached hydrogens (tertiary/aromatic N) is 4. The third-order valence-electron chi connectivity index (χ3n) is 3.40. The van der Waals surface area contributed by atoms with E-state index in [1.165, 1.54) is 30.1 Å². The fourth-order valence-corrected chi connectivity index (χ4v) is 3.54. The highest BCUT2D eigenvalue weighted by Crippen LogP contribution is 2.22. The number of carbonyl (C=O) groups is 1. The van der Waals surface area contributed by atoms with Crippen molar-refractivity contribution in [1.29, 1.82) is 5.26 Å². The van der Waals surface area contributed by atoms with Crippen LogP contribution in [-0.2, 0) is 16.6 Å². The lowest BCUT2D eigenvalue weighted by molar-refractivity contribution is 0.0695. The van der Waals surface area contributed by atoms with E-state index in [0.717, 1.165) is 0 Å². The predicted molar refractivity (Wildman–Crippen MR) is 82.8 cm³/mol. The highest BCUT2D eigenvalue weighted by Gasteiger charge is 2.22. The molecule has 0 saturated carbocycles. The van der Waals surface area contributed by atoms with E-state index >= 15 is 0 Å². The van der Waals surface area contributed by atoms with Crippen LogP contribution in [0.2, 0.25) is 0 Å². The number of aromatic nitrogens is 3. The van der Waals surface area contributed by atoms with Gasteiger partial charge in [0.15, 0.2) is 0 Å². The van der Waals surface area contributed by atoms with Crippen LogP contribution in [-0.4, -0.2) is 40.8 Å². The average molecular weight is 349 g/mol. The molecule has 0 bridgehead atoms. The second kappa shape index (κ2) is 6.77. The molecule has 0 aliphatic rings. The number of rotatable bonds is 6. The van der Waals surface area contributed by atoms with Crippen molar-refractivity contribution in [3.63, 3.8) is 0 Å². The van der Waals surface area contributed by atoms with Crippen molar-refractivity contribution in [2.45, 2.75) is 25.3 Å². The molecule has 0 unspecified atom stereocenters. The summed E-state index contributed by atoms with van der Waals surface area (Å²) in [4.78, 5) is 14.9. The van der Waals surface area contributed by atoms with Gasteiger partial charge in [0.1, 0.15) is 12.4 Å². The molecule has 126 valence electrons. The lowest BCUT2D eigenvalue weighted by atomic mass is 10.0. The van der Waals surface area contributed by atoms with Crippen LogP contribution in [0, 0.1) is 25.2 Å². The van der Waals surface area contributed by atoms with E-state index < -0.39 is 16.0 Å². The molecule has 2 rings (SSSR count). The third-order valence-corrected chi connectivity index (χ3v) is 5.00. The predicted octanol–water partition coefficient (Wildman–Crippen LogP) is 0.443. The number of carboxylic acids is 1. The Balaban J connectivity index is 2.17. The zero-order valence-corrected chi connectivity index (χ0v) is 13.8. The van der Waals surface area contributed by atoms with Gasteiger partial charge in [-0.3, -0.25) is 4.68 Å². The number of nitriles is 1. The van der Waals surface area contributed by atoms with Crippen LogP contribution in [0.5, 0.6) is 0 Å². The summed E-state index contributed by atoms with van der Waals surface area (Å²) in [6, 6.07) is 4.61. The molecule has 0 aliphatic carbocycles. The van der Waals surface area contributed by atoms with E-state index in [4.69, 9.17) is 5.26 Å². The van der Waals surface area contributed by atoms with E-state index in [1.54, 1.807) is 13.0 Å². The van der Waals surface area contributed by atoms with Crippen LogP contribution in [0.1, 0.15) is 27.3 Å². The van der Waals surface area contributed by atoms with Crippen LogP contribution in [0.25, 0.3) is 0 Å². The van der Waals surface area contributed by atoms with Gasteiger partial charge in [0, 0.05) is 6.54 Å². The van der Waals surface area contributed by atoms with Gasteiger partial charge in [0.2, 0.25) is 10.0 Å². The van der Waals surface area contributed by atoms with Crippen molar-refractivity contribution < 1.29 is 18.3 Å². The van der Waals surface area contributed by atoms with Crippen molar-refractivity contribution in [1.82, 2.24) is 19.5 Å². The first-order chi connectivity index (χ1) is 11.3. The summed E-state index contributed by atoms with van der Waals surface area (Å²) >= 11 is 0. The fraction of sp³-hybridized carbons (Fsp3) is 0.286. The van der Waals surface area contributed by atoms with Crippen LogP contribution in [0.15, 0.2) is 23.4 Å². The number of carboxylic acid groups (broad SMARTS) is 1. The standard InChI is InChI=1S/C14H15N5O4S/c1-9-3-4-11(10(2)13(9)14(20)21)24(22,23)17-5-6-19-8-16-12(7-15)18-19/h3-4,8,17H,5-6H2,1-2H3,(H,20,21). The summed E-state index contributed by atoms with van der Waals surface area (Å²) in [7, 11) is -3.87. The van der Waals surface area contributed by atoms with E-state index in [1.807, 2.05) is 0 Å². The zero-order valence-electron chi connectivity index (χ0n) is 13.0. The molecule has 2 N–H and O–H groups in total. The van der Waals surface area contributed by atoms with Gasteiger partial charge in [0.05, 0.1) is 17.0 Å². The van der Waals surface area contributed by atoms with E-state index in [9.17, 15) is 18.3 Å². The Bertz CT molecular complexity index is 927. The first kappa shape index (κ1) is 17.6. The first-order valence-corrected chi connectivity index (χ1v) is 8.37. The second-order valence-electron chi connectivity index (χ2n) is 5.03. The smallest absolute Gasteiger partial charge is 0.336 e. The Labute approximate surface area is 138 Å². The molecule has 0 fully saturated rings. The fourth-order valence-electron chi connectivity index (χ4n) is 2.27. The minimum Gasteiger partial charge on any atom is -0.478 e. The van der Waals surface area contributed by atoms with Gasteiger partial charge < -0.3 is 5.11 Å². The molecule has 10 heteroatoms. The SMILES string of the molecule is Cc1ccc(S(=O)(=O)NCCn2cnc(C#N)n2)c(C)c1C(=O)O. The summed E-state index contributed by atoms with van der Waals surface area (Å²) in [6.45, 7) is 3.27. The molecule has 0 atom stereocenters.